The van der Waals surface area contributed by atoms with Gasteiger partial charge in [-0.05, 0) is 59.8 Å². The van der Waals surface area contributed by atoms with Gasteiger partial charge in [0.05, 0.1) is 30.8 Å². The summed E-state index contributed by atoms with van der Waals surface area (Å²) in [6.07, 6.45) is 3.90. The molecule has 0 radical (unpaired) electrons. The lowest BCUT2D eigenvalue weighted by atomic mass is 10.1. The number of carbonyl (C=O) groups excluding carboxylic acids is 1. The van der Waals surface area contributed by atoms with Gasteiger partial charge < -0.3 is 9.30 Å². The Hall–Kier alpha value is -4.62. The molecule has 40 heavy (non-hydrogen) atoms. The maximum absolute atomic E-state index is 14.4. The zero-order valence-corrected chi connectivity index (χ0v) is 22.6. The summed E-state index contributed by atoms with van der Waals surface area (Å²) in [7, 11) is 1.63. The number of halogens is 1. The predicted octanol–water partition coefficient (Wildman–Crippen LogP) is 7.64. The van der Waals surface area contributed by atoms with E-state index in [1.54, 1.807) is 24.1 Å². The van der Waals surface area contributed by atoms with Gasteiger partial charge in [-0.2, -0.15) is 0 Å². The Morgan fingerprint density at radius 1 is 0.875 bits per heavy atom. The minimum Gasteiger partial charge on any atom is -0.497 e. The van der Waals surface area contributed by atoms with E-state index in [9.17, 15) is 9.18 Å². The average Bonchev–Trinajstić information content (AvgIpc) is 3.47. The van der Waals surface area contributed by atoms with Crippen LogP contribution in [0.3, 0.4) is 0 Å². The highest BCUT2D eigenvalue weighted by atomic mass is 32.2. The molecule has 0 bridgehead atoms. The molecule has 7 heteroatoms. The summed E-state index contributed by atoms with van der Waals surface area (Å²) in [5.74, 6) is 0.412. The number of hydrogen-bond acceptors (Lipinski definition) is 4. The summed E-state index contributed by atoms with van der Waals surface area (Å²) in [4.78, 5) is 20.9. The number of thioether (sulfide) groups is 1. The van der Waals surface area contributed by atoms with Crippen molar-refractivity contribution in [2.24, 2.45) is 4.99 Å². The Morgan fingerprint density at radius 3 is 2.38 bits per heavy atom. The van der Waals surface area contributed by atoms with Crippen molar-refractivity contribution in [1.29, 1.82) is 0 Å². The molecule has 6 rings (SSSR count). The van der Waals surface area contributed by atoms with Gasteiger partial charge in [-0.1, -0.05) is 66.7 Å². The number of para-hydroxylation sites is 2. The first-order chi connectivity index (χ1) is 19.6. The number of benzene rings is 4. The van der Waals surface area contributed by atoms with E-state index in [-0.39, 0.29) is 11.7 Å². The van der Waals surface area contributed by atoms with E-state index in [4.69, 9.17) is 9.73 Å². The molecule has 1 aromatic heterocycles. The summed E-state index contributed by atoms with van der Waals surface area (Å²) in [5, 5.41) is 1.61. The van der Waals surface area contributed by atoms with Crippen molar-refractivity contribution < 1.29 is 13.9 Å². The number of hydrogen-bond donors (Lipinski definition) is 0. The first kappa shape index (κ1) is 25.6. The molecular weight excluding hydrogens is 521 g/mol. The fraction of sp³-hybridized carbons (Fsp3) is 0.0909. The third kappa shape index (κ3) is 5.28. The van der Waals surface area contributed by atoms with Crippen LogP contribution in [0, 0.1) is 5.82 Å². The van der Waals surface area contributed by atoms with Crippen LogP contribution >= 0.6 is 11.8 Å². The van der Waals surface area contributed by atoms with Crippen molar-refractivity contribution >= 4 is 45.5 Å². The molecule has 198 valence electrons. The van der Waals surface area contributed by atoms with Crippen LogP contribution in [0.15, 0.2) is 119 Å². The molecule has 0 aliphatic carbocycles. The third-order valence-electron chi connectivity index (χ3n) is 6.77. The largest absolute Gasteiger partial charge is 0.497 e. The van der Waals surface area contributed by atoms with Crippen LogP contribution in [-0.2, 0) is 17.9 Å². The number of rotatable bonds is 7. The molecule has 0 N–H and O–H groups in total. The van der Waals surface area contributed by atoms with Gasteiger partial charge in [-0.3, -0.25) is 9.69 Å². The van der Waals surface area contributed by atoms with Gasteiger partial charge in [0.15, 0.2) is 5.17 Å². The van der Waals surface area contributed by atoms with Crippen LogP contribution in [-0.4, -0.2) is 27.7 Å². The number of aromatic nitrogens is 1. The molecule has 1 fully saturated rings. The third-order valence-corrected chi connectivity index (χ3v) is 7.78. The van der Waals surface area contributed by atoms with Gasteiger partial charge in [0.25, 0.3) is 5.91 Å². The quantitative estimate of drug-likeness (QED) is 0.197. The van der Waals surface area contributed by atoms with Crippen LogP contribution in [0.5, 0.6) is 5.75 Å². The Balaban J connectivity index is 1.37. The number of amides is 1. The van der Waals surface area contributed by atoms with Gasteiger partial charge in [-0.15, -0.1) is 0 Å². The normalized spacial score (nSPS) is 15.4. The van der Waals surface area contributed by atoms with E-state index < -0.39 is 0 Å². The van der Waals surface area contributed by atoms with Crippen LogP contribution in [0.25, 0.3) is 17.0 Å². The maximum atomic E-state index is 14.4. The van der Waals surface area contributed by atoms with E-state index in [1.165, 1.54) is 17.8 Å². The van der Waals surface area contributed by atoms with Gasteiger partial charge in [0.2, 0.25) is 0 Å². The van der Waals surface area contributed by atoms with E-state index >= 15 is 0 Å². The maximum Gasteiger partial charge on any atom is 0.267 e. The van der Waals surface area contributed by atoms with Gasteiger partial charge in [0, 0.05) is 28.2 Å². The number of amidine groups is 1. The Bertz CT molecular complexity index is 1740. The molecule has 0 saturated carbocycles. The van der Waals surface area contributed by atoms with Gasteiger partial charge in [0.1, 0.15) is 11.6 Å². The molecule has 1 aliphatic heterocycles. The highest BCUT2D eigenvalue weighted by molar-refractivity contribution is 8.18. The molecule has 1 amide bonds. The molecule has 0 unspecified atom stereocenters. The van der Waals surface area contributed by atoms with Gasteiger partial charge in [-0.25, -0.2) is 9.38 Å². The van der Waals surface area contributed by atoms with Crippen molar-refractivity contribution in [1.82, 2.24) is 9.47 Å². The predicted molar refractivity (Wildman–Crippen MR) is 160 cm³/mol. The minimum absolute atomic E-state index is 0.110. The number of carbonyl (C=O) groups is 1. The lowest BCUT2D eigenvalue weighted by Crippen LogP contribution is -2.28. The molecule has 2 heterocycles. The number of aliphatic imine (C=N–C) groups is 1. The average molecular weight is 548 g/mol. The minimum atomic E-state index is -0.238. The highest BCUT2D eigenvalue weighted by Crippen LogP contribution is 2.37. The van der Waals surface area contributed by atoms with Crippen molar-refractivity contribution in [3.8, 4) is 5.75 Å². The standard InChI is InChI=1S/C33H26FN3O2S/c1-39-27-17-15-23(16-18-27)20-37-32(38)31(40-33(37)35-26-10-3-2-4-11-26)19-25-22-36(30-14-8-6-12-28(25)30)21-24-9-5-7-13-29(24)34/h2-19,22H,20-21H2,1H3. The molecule has 0 spiro atoms. The van der Waals surface area contributed by atoms with E-state index in [1.807, 2.05) is 102 Å². The highest BCUT2D eigenvalue weighted by Gasteiger charge is 2.33. The number of nitrogens with zero attached hydrogens (tertiary/aromatic N) is 3. The van der Waals surface area contributed by atoms with Crippen LogP contribution < -0.4 is 4.74 Å². The fourth-order valence-corrected chi connectivity index (χ4v) is 5.72. The van der Waals surface area contributed by atoms with E-state index in [2.05, 4.69) is 0 Å². The topological polar surface area (TPSA) is 46.8 Å². The molecule has 4 aromatic carbocycles. The Kier molecular flexibility index (Phi) is 7.21. The summed E-state index contributed by atoms with van der Waals surface area (Å²) in [5.41, 5.74) is 4.23. The summed E-state index contributed by atoms with van der Waals surface area (Å²) in [6.45, 7) is 0.773. The van der Waals surface area contributed by atoms with Crippen LogP contribution in [0.2, 0.25) is 0 Å². The Morgan fingerprint density at radius 2 is 1.60 bits per heavy atom. The van der Waals surface area contributed by atoms with Crippen molar-refractivity contribution in [3.05, 3.63) is 137 Å². The molecule has 1 aliphatic rings. The monoisotopic (exact) mass is 547 g/mol. The van der Waals surface area contributed by atoms with Crippen molar-refractivity contribution in [2.75, 3.05) is 7.11 Å². The van der Waals surface area contributed by atoms with E-state index in [0.29, 0.717) is 28.7 Å². The molecule has 1 saturated heterocycles. The summed E-state index contributed by atoms with van der Waals surface area (Å²) < 4.78 is 21.8. The molecular formula is C33H26FN3O2S. The zero-order chi connectivity index (χ0) is 27.5. The van der Waals surface area contributed by atoms with E-state index in [0.717, 1.165) is 33.5 Å². The van der Waals surface area contributed by atoms with Crippen LogP contribution in [0.4, 0.5) is 10.1 Å². The number of fused-ring (bicyclic) bond motifs is 1. The Labute approximate surface area is 236 Å². The number of methoxy groups -OCH3 is 1. The van der Waals surface area contributed by atoms with Crippen molar-refractivity contribution in [3.63, 3.8) is 0 Å². The second kappa shape index (κ2) is 11.2. The fourth-order valence-electron chi connectivity index (χ4n) is 4.73. The first-order valence-corrected chi connectivity index (χ1v) is 13.7. The second-order valence-corrected chi connectivity index (χ2v) is 10.4. The lowest BCUT2D eigenvalue weighted by Gasteiger charge is -2.16. The number of ether oxygens (including phenoxy) is 1. The second-order valence-electron chi connectivity index (χ2n) is 9.40. The van der Waals surface area contributed by atoms with Gasteiger partial charge >= 0.3 is 0 Å². The molecule has 0 atom stereocenters. The molecule has 5 nitrogen and oxygen atoms in total. The molecule has 5 aromatic rings. The summed E-state index contributed by atoms with van der Waals surface area (Å²) in [6, 6.07) is 32.1. The zero-order valence-electron chi connectivity index (χ0n) is 21.8. The smallest absolute Gasteiger partial charge is 0.267 e. The first-order valence-electron chi connectivity index (χ1n) is 12.9. The SMILES string of the molecule is COc1ccc(CN2C(=O)C(=Cc3cn(Cc4ccccc4F)c4ccccc34)SC2=Nc2ccccc2)cc1. The van der Waals surface area contributed by atoms with Crippen LogP contribution in [0.1, 0.15) is 16.7 Å². The lowest BCUT2D eigenvalue weighted by molar-refractivity contribution is -0.122. The van der Waals surface area contributed by atoms with Crippen molar-refractivity contribution in [2.45, 2.75) is 13.1 Å². The summed E-state index contributed by atoms with van der Waals surface area (Å²) >= 11 is 1.36.